The maximum Gasteiger partial charge on any atom is 0.261 e. The average molecular weight is 305 g/mol. The van der Waals surface area contributed by atoms with E-state index in [4.69, 9.17) is 5.11 Å². The molecule has 0 aliphatic rings. The van der Waals surface area contributed by atoms with Gasteiger partial charge in [0, 0.05) is 11.3 Å². The van der Waals surface area contributed by atoms with Crippen LogP contribution in [0.15, 0.2) is 53.4 Å². The molecule has 0 heterocycles. The number of aliphatic hydroxyl groups excluding tert-OH is 1. The molecule has 0 radical (unpaired) electrons. The van der Waals surface area contributed by atoms with E-state index in [1.165, 1.54) is 36.4 Å². The van der Waals surface area contributed by atoms with Crippen LogP contribution in [0.5, 0.6) is 0 Å². The monoisotopic (exact) mass is 305 g/mol. The number of hydrogen-bond donors (Lipinski definition) is 2. The van der Waals surface area contributed by atoms with Gasteiger partial charge in [-0.25, -0.2) is 12.8 Å². The molecule has 0 bridgehead atoms. The van der Waals surface area contributed by atoms with Gasteiger partial charge >= 0.3 is 0 Å². The molecule has 4 nitrogen and oxygen atoms in total. The van der Waals surface area contributed by atoms with E-state index in [2.05, 4.69) is 16.6 Å². The number of nitrogens with one attached hydrogen (secondary N) is 1. The molecule has 0 saturated carbocycles. The maximum atomic E-state index is 12.8. The summed E-state index contributed by atoms with van der Waals surface area (Å²) in [6.07, 6.45) is 0. The largest absolute Gasteiger partial charge is 0.384 e. The molecule has 6 heteroatoms. The highest BCUT2D eigenvalue weighted by Crippen LogP contribution is 2.16. The molecule has 0 fully saturated rings. The Morgan fingerprint density at radius 3 is 2.24 bits per heavy atom. The van der Waals surface area contributed by atoms with Gasteiger partial charge in [0.15, 0.2) is 0 Å². The second-order valence-electron chi connectivity index (χ2n) is 4.10. The fourth-order valence-electron chi connectivity index (χ4n) is 1.59. The summed E-state index contributed by atoms with van der Waals surface area (Å²) >= 11 is 0. The highest BCUT2D eigenvalue weighted by molar-refractivity contribution is 7.92. The van der Waals surface area contributed by atoms with Crippen LogP contribution < -0.4 is 4.72 Å². The standard InChI is InChI=1S/C15H12FNO3S/c16-13-5-7-14(8-6-13)17-21(19,20)15-9-3-12(4-10-15)2-1-11-18/h3-10,17-18H,11H2. The van der Waals surface area contributed by atoms with Crippen molar-refractivity contribution < 1.29 is 17.9 Å². The minimum absolute atomic E-state index is 0.0707. The van der Waals surface area contributed by atoms with Gasteiger partial charge < -0.3 is 5.11 Å². The normalized spacial score (nSPS) is 10.6. The SMILES string of the molecule is O=S(=O)(Nc1ccc(F)cc1)c1ccc(C#CCO)cc1. The number of sulfonamides is 1. The summed E-state index contributed by atoms with van der Waals surface area (Å²) in [5.74, 6) is 4.70. The Bertz CT molecular complexity index is 772. The van der Waals surface area contributed by atoms with Crippen LogP contribution in [0.2, 0.25) is 0 Å². The lowest BCUT2D eigenvalue weighted by molar-refractivity contribution is 0.350. The molecule has 21 heavy (non-hydrogen) atoms. The van der Waals surface area contributed by atoms with Gasteiger partial charge in [0.25, 0.3) is 10.0 Å². The van der Waals surface area contributed by atoms with E-state index in [0.717, 1.165) is 0 Å². The Morgan fingerprint density at radius 1 is 1.05 bits per heavy atom. The Morgan fingerprint density at radius 2 is 1.67 bits per heavy atom. The lowest BCUT2D eigenvalue weighted by atomic mass is 10.2. The lowest BCUT2D eigenvalue weighted by Gasteiger charge is -2.08. The zero-order valence-corrected chi connectivity index (χ0v) is 11.7. The fourth-order valence-corrected chi connectivity index (χ4v) is 2.65. The molecule has 2 aromatic rings. The molecule has 108 valence electrons. The zero-order valence-electron chi connectivity index (χ0n) is 10.9. The third-order valence-electron chi connectivity index (χ3n) is 2.57. The molecular weight excluding hydrogens is 293 g/mol. The molecule has 0 aliphatic carbocycles. The van der Waals surface area contributed by atoms with Gasteiger partial charge in [-0.1, -0.05) is 11.8 Å². The Labute approximate surface area is 122 Å². The van der Waals surface area contributed by atoms with Crippen LogP contribution in [0.4, 0.5) is 10.1 Å². The smallest absolute Gasteiger partial charge is 0.261 e. The average Bonchev–Trinajstić information content (AvgIpc) is 2.48. The van der Waals surface area contributed by atoms with Crippen molar-refractivity contribution in [2.45, 2.75) is 4.90 Å². The summed E-state index contributed by atoms with van der Waals surface area (Å²) in [5.41, 5.74) is 0.880. The zero-order chi connectivity index (χ0) is 15.3. The van der Waals surface area contributed by atoms with Gasteiger partial charge in [-0.15, -0.1) is 0 Å². The van der Waals surface area contributed by atoms with Crippen molar-refractivity contribution in [2.24, 2.45) is 0 Å². The van der Waals surface area contributed by atoms with Crippen LogP contribution in [0.3, 0.4) is 0 Å². The molecule has 0 unspecified atom stereocenters. The first-order valence-corrected chi connectivity index (χ1v) is 7.48. The highest BCUT2D eigenvalue weighted by Gasteiger charge is 2.13. The van der Waals surface area contributed by atoms with E-state index in [9.17, 15) is 12.8 Å². The number of halogens is 1. The number of aliphatic hydroxyl groups is 1. The van der Waals surface area contributed by atoms with E-state index < -0.39 is 15.8 Å². The molecule has 2 N–H and O–H groups in total. The third kappa shape index (κ3) is 4.05. The molecule has 0 atom stereocenters. The van der Waals surface area contributed by atoms with E-state index in [0.29, 0.717) is 5.56 Å². The molecule has 0 aromatic heterocycles. The minimum Gasteiger partial charge on any atom is -0.384 e. The quantitative estimate of drug-likeness (QED) is 0.852. The number of benzene rings is 2. The molecule has 2 aromatic carbocycles. The summed E-state index contributed by atoms with van der Waals surface area (Å²) in [7, 11) is -3.73. The molecule has 0 saturated heterocycles. The summed E-state index contributed by atoms with van der Waals surface area (Å²) in [6.45, 7) is -0.258. The van der Waals surface area contributed by atoms with Gasteiger partial charge in [-0.2, -0.15) is 0 Å². The Hall–Kier alpha value is -2.36. The second kappa shape index (κ2) is 6.39. The first kappa shape index (κ1) is 15.0. The highest BCUT2D eigenvalue weighted by atomic mass is 32.2. The summed E-state index contributed by atoms with van der Waals surface area (Å²) in [4.78, 5) is 0.0707. The van der Waals surface area contributed by atoms with Crippen molar-refractivity contribution in [3.05, 3.63) is 59.9 Å². The van der Waals surface area contributed by atoms with Gasteiger partial charge in [-0.3, -0.25) is 4.72 Å². The van der Waals surface area contributed by atoms with Gasteiger partial charge in [-0.05, 0) is 48.5 Å². The van der Waals surface area contributed by atoms with Crippen LogP contribution in [0, 0.1) is 17.7 Å². The van der Waals surface area contributed by atoms with E-state index in [1.54, 1.807) is 12.1 Å². The van der Waals surface area contributed by atoms with Crippen molar-refractivity contribution in [2.75, 3.05) is 11.3 Å². The van der Waals surface area contributed by atoms with E-state index in [-0.39, 0.29) is 17.2 Å². The van der Waals surface area contributed by atoms with E-state index >= 15 is 0 Å². The predicted octanol–water partition coefficient (Wildman–Crippen LogP) is 1.97. The van der Waals surface area contributed by atoms with Gasteiger partial charge in [0.2, 0.25) is 0 Å². The Balaban J connectivity index is 2.21. The topological polar surface area (TPSA) is 66.4 Å². The van der Waals surface area contributed by atoms with Crippen molar-refractivity contribution in [3.63, 3.8) is 0 Å². The van der Waals surface area contributed by atoms with Crippen LogP contribution >= 0.6 is 0 Å². The fraction of sp³-hybridized carbons (Fsp3) is 0.0667. The van der Waals surface area contributed by atoms with Crippen molar-refractivity contribution in [1.29, 1.82) is 0 Å². The number of anilines is 1. The first-order valence-electron chi connectivity index (χ1n) is 5.99. The van der Waals surface area contributed by atoms with Crippen molar-refractivity contribution in [1.82, 2.24) is 0 Å². The van der Waals surface area contributed by atoms with Gasteiger partial charge in [0.1, 0.15) is 12.4 Å². The second-order valence-corrected chi connectivity index (χ2v) is 5.78. The maximum absolute atomic E-state index is 12.8. The predicted molar refractivity (Wildman–Crippen MR) is 77.6 cm³/mol. The molecular formula is C15H12FNO3S. The van der Waals surface area contributed by atoms with Crippen molar-refractivity contribution in [3.8, 4) is 11.8 Å². The lowest BCUT2D eigenvalue weighted by Crippen LogP contribution is -2.12. The van der Waals surface area contributed by atoms with E-state index in [1.807, 2.05) is 0 Å². The molecule has 0 amide bonds. The minimum atomic E-state index is -3.73. The number of hydrogen-bond acceptors (Lipinski definition) is 3. The van der Waals surface area contributed by atoms with Crippen LogP contribution in [-0.2, 0) is 10.0 Å². The summed E-state index contributed by atoms with van der Waals surface area (Å²) < 4.78 is 39.4. The van der Waals surface area contributed by atoms with Gasteiger partial charge in [0.05, 0.1) is 4.90 Å². The number of rotatable bonds is 3. The molecule has 2 rings (SSSR count). The first-order chi connectivity index (χ1) is 10.0. The van der Waals surface area contributed by atoms with Crippen LogP contribution in [0.25, 0.3) is 0 Å². The summed E-state index contributed by atoms with van der Waals surface area (Å²) in [5, 5.41) is 8.59. The van der Waals surface area contributed by atoms with Crippen LogP contribution in [-0.4, -0.2) is 20.1 Å². The van der Waals surface area contributed by atoms with Crippen LogP contribution in [0.1, 0.15) is 5.56 Å². The summed E-state index contributed by atoms with van der Waals surface area (Å²) in [6, 6.07) is 10.9. The Kier molecular flexibility index (Phi) is 4.58. The van der Waals surface area contributed by atoms with Crippen molar-refractivity contribution >= 4 is 15.7 Å². The third-order valence-corrected chi connectivity index (χ3v) is 3.97. The molecule has 0 aliphatic heterocycles. The molecule has 0 spiro atoms.